The first-order valence-electron chi connectivity index (χ1n) is 6.88. The number of rotatable bonds is 1. The summed E-state index contributed by atoms with van der Waals surface area (Å²) in [6.07, 6.45) is 2.38. The minimum Gasteiger partial charge on any atom is -0.0614 e. The van der Waals surface area contributed by atoms with E-state index < -0.39 is 0 Å². The molecule has 0 atom stereocenters. The molecule has 92 valence electrons. The minimum atomic E-state index is 0.620. The smallest absolute Gasteiger partial charge is 0.0146 e. The van der Waals surface area contributed by atoms with Gasteiger partial charge in [-0.25, -0.2) is 0 Å². The van der Waals surface area contributed by atoms with Crippen molar-refractivity contribution in [2.45, 2.75) is 39.5 Å². The molecule has 0 bridgehead atoms. The fraction of sp³-hybridized carbons (Fsp3) is 0.333. The van der Waals surface area contributed by atoms with Gasteiger partial charge in [0.05, 0.1) is 0 Å². The summed E-state index contributed by atoms with van der Waals surface area (Å²) in [7, 11) is 0. The van der Waals surface area contributed by atoms with Gasteiger partial charge in [0.2, 0.25) is 0 Å². The van der Waals surface area contributed by atoms with Crippen molar-refractivity contribution < 1.29 is 0 Å². The van der Waals surface area contributed by atoms with Crippen LogP contribution in [0.5, 0.6) is 0 Å². The molecule has 0 aromatic heterocycles. The maximum atomic E-state index is 2.41. The Morgan fingerprint density at radius 1 is 0.944 bits per heavy atom. The second-order valence-corrected chi connectivity index (χ2v) is 5.67. The lowest BCUT2D eigenvalue weighted by Crippen LogP contribution is -2.06. The van der Waals surface area contributed by atoms with E-state index in [4.69, 9.17) is 0 Å². The zero-order valence-corrected chi connectivity index (χ0v) is 11.5. The van der Waals surface area contributed by atoms with Crippen molar-refractivity contribution in [1.82, 2.24) is 0 Å². The van der Waals surface area contributed by atoms with Gasteiger partial charge >= 0.3 is 0 Å². The molecular weight excluding hydrogens is 216 g/mol. The normalized spacial score (nSPS) is 13.3. The molecule has 0 amide bonds. The van der Waals surface area contributed by atoms with E-state index in [1.54, 1.807) is 5.56 Å². The van der Waals surface area contributed by atoms with Gasteiger partial charge in [0.1, 0.15) is 0 Å². The molecule has 18 heavy (non-hydrogen) atoms. The Hall–Kier alpha value is -1.56. The van der Waals surface area contributed by atoms with Crippen LogP contribution in [0.25, 0.3) is 11.1 Å². The summed E-state index contributed by atoms with van der Waals surface area (Å²) in [5.41, 5.74) is 8.87. The van der Waals surface area contributed by atoms with E-state index in [0.29, 0.717) is 5.92 Å². The maximum absolute atomic E-state index is 2.41. The van der Waals surface area contributed by atoms with Crippen LogP contribution in [-0.4, -0.2) is 0 Å². The molecule has 1 aliphatic carbocycles. The molecule has 0 unspecified atom stereocenters. The highest BCUT2D eigenvalue weighted by molar-refractivity contribution is 5.74. The van der Waals surface area contributed by atoms with Crippen LogP contribution < -0.4 is 0 Å². The summed E-state index contributed by atoms with van der Waals surface area (Å²) in [5, 5.41) is 0. The van der Waals surface area contributed by atoms with Gasteiger partial charge in [0, 0.05) is 0 Å². The predicted molar refractivity (Wildman–Crippen MR) is 78.1 cm³/mol. The van der Waals surface area contributed by atoms with Crippen molar-refractivity contribution in [2.24, 2.45) is 0 Å². The van der Waals surface area contributed by atoms with Crippen LogP contribution in [0, 0.1) is 6.92 Å². The molecule has 0 radical (unpaired) electrons. The van der Waals surface area contributed by atoms with E-state index in [1.165, 1.54) is 40.7 Å². The first kappa shape index (κ1) is 11.5. The van der Waals surface area contributed by atoms with Gasteiger partial charge in [-0.3, -0.25) is 0 Å². The second-order valence-electron chi connectivity index (χ2n) is 5.67. The highest BCUT2D eigenvalue weighted by Crippen LogP contribution is 2.36. The van der Waals surface area contributed by atoms with Crippen LogP contribution >= 0.6 is 0 Å². The summed E-state index contributed by atoms with van der Waals surface area (Å²) in [6.45, 7) is 6.76. The number of benzene rings is 2. The first-order chi connectivity index (χ1) is 8.66. The van der Waals surface area contributed by atoms with Gasteiger partial charge in [-0.1, -0.05) is 50.2 Å². The topological polar surface area (TPSA) is 0 Å². The third-order valence-electron chi connectivity index (χ3n) is 4.14. The number of aryl methyl sites for hydroxylation is 2. The molecule has 0 nitrogen and oxygen atoms in total. The summed E-state index contributed by atoms with van der Waals surface area (Å²) >= 11 is 0. The third-order valence-corrected chi connectivity index (χ3v) is 4.14. The molecule has 2 aromatic rings. The Morgan fingerprint density at radius 3 is 2.56 bits per heavy atom. The number of hydrogen-bond donors (Lipinski definition) is 0. The average Bonchev–Trinajstić information content (AvgIpc) is 2.38. The van der Waals surface area contributed by atoms with E-state index in [0.717, 1.165) is 0 Å². The van der Waals surface area contributed by atoms with Gasteiger partial charge in [0.25, 0.3) is 0 Å². The SMILES string of the molecule is Cc1cccc2c1CCc1cc(C(C)C)ccc1-2. The molecule has 3 rings (SSSR count). The Labute approximate surface area is 110 Å². The highest BCUT2D eigenvalue weighted by Gasteiger charge is 2.17. The zero-order valence-electron chi connectivity index (χ0n) is 11.5. The average molecular weight is 236 g/mol. The van der Waals surface area contributed by atoms with Crippen molar-refractivity contribution in [3.63, 3.8) is 0 Å². The minimum absolute atomic E-state index is 0.620. The fourth-order valence-corrected chi connectivity index (χ4v) is 2.99. The lowest BCUT2D eigenvalue weighted by Gasteiger charge is -2.22. The first-order valence-corrected chi connectivity index (χ1v) is 6.88. The van der Waals surface area contributed by atoms with E-state index in [9.17, 15) is 0 Å². The summed E-state index contributed by atoms with van der Waals surface area (Å²) in [6, 6.07) is 13.7. The van der Waals surface area contributed by atoms with E-state index in [-0.39, 0.29) is 0 Å². The molecule has 0 heterocycles. The molecule has 0 spiro atoms. The van der Waals surface area contributed by atoms with Crippen LogP contribution in [0.2, 0.25) is 0 Å². The van der Waals surface area contributed by atoms with Crippen LogP contribution in [0.3, 0.4) is 0 Å². The van der Waals surface area contributed by atoms with Crippen molar-refractivity contribution in [2.75, 3.05) is 0 Å². The van der Waals surface area contributed by atoms with Crippen molar-refractivity contribution in [1.29, 1.82) is 0 Å². The molecule has 0 saturated carbocycles. The van der Waals surface area contributed by atoms with Gasteiger partial charge in [-0.05, 0) is 59.1 Å². The molecular formula is C18H20. The lowest BCUT2D eigenvalue weighted by molar-refractivity contribution is 0.854. The summed E-state index contributed by atoms with van der Waals surface area (Å²) in [5.74, 6) is 0.620. The molecule has 0 aliphatic heterocycles. The van der Waals surface area contributed by atoms with Crippen LogP contribution in [-0.2, 0) is 12.8 Å². The van der Waals surface area contributed by atoms with Crippen molar-refractivity contribution >= 4 is 0 Å². The molecule has 2 aromatic carbocycles. The number of fused-ring (bicyclic) bond motifs is 3. The summed E-state index contributed by atoms with van der Waals surface area (Å²) < 4.78 is 0. The van der Waals surface area contributed by atoms with Gasteiger partial charge in [-0.15, -0.1) is 0 Å². The fourth-order valence-electron chi connectivity index (χ4n) is 2.99. The second kappa shape index (κ2) is 4.28. The molecule has 1 aliphatic rings. The molecule has 0 fully saturated rings. The van der Waals surface area contributed by atoms with E-state index >= 15 is 0 Å². The Balaban J connectivity index is 2.17. The van der Waals surface area contributed by atoms with Crippen LogP contribution in [0.1, 0.15) is 42.0 Å². The van der Waals surface area contributed by atoms with Crippen molar-refractivity contribution in [3.8, 4) is 11.1 Å². The van der Waals surface area contributed by atoms with E-state index in [1.807, 2.05) is 0 Å². The Bertz CT molecular complexity index is 591. The van der Waals surface area contributed by atoms with Gasteiger partial charge in [-0.2, -0.15) is 0 Å². The largest absolute Gasteiger partial charge is 0.0614 e. The molecule has 0 saturated heterocycles. The quantitative estimate of drug-likeness (QED) is 0.661. The van der Waals surface area contributed by atoms with E-state index in [2.05, 4.69) is 57.2 Å². The lowest BCUT2D eigenvalue weighted by atomic mass is 9.82. The summed E-state index contributed by atoms with van der Waals surface area (Å²) in [4.78, 5) is 0. The zero-order chi connectivity index (χ0) is 12.7. The highest BCUT2D eigenvalue weighted by atomic mass is 14.2. The van der Waals surface area contributed by atoms with Gasteiger partial charge in [0.15, 0.2) is 0 Å². The molecule has 0 N–H and O–H groups in total. The Morgan fingerprint density at radius 2 is 1.78 bits per heavy atom. The molecule has 0 heteroatoms. The number of hydrogen-bond acceptors (Lipinski definition) is 0. The third kappa shape index (κ3) is 1.77. The predicted octanol–water partition coefficient (Wildman–Crippen LogP) is 4.88. The van der Waals surface area contributed by atoms with Crippen LogP contribution in [0.15, 0.2) is 36.4 Å². The van der Waals surface area contributed by atoms with Crippen molar-refractivity contribution in [3.05, 3.63) is 58.7 Å². The van der Waals surface area contributed by atoms with Crippen LogP contribution in [0.4, 0.5) is 0 Å². The Kier molecular flexibility index (Phi) is 2.74. The monoisotopic (exact) mass is 236 g/mol. The maximum Gasteiger partial charge on any atom is -0.0146 e. The van der Waals surface area contributed by atoms with Gasteiger partial charge < -0.3 is 0 Å². The standard InChI is InChI=1S/C18H20/c1-12(2)14-7-10-17-15(11-14)8-9-16-13(3)5-4-6-18(16)17/h4-7,10-12H,8-9H2,1-3H3.